The minimum atomic E-state index is -0.0674. The van der Waals surface area contributed by atoms with E-state index in [2.05, 4.69) is 15.5 Å². The molecule has 0 aliphatic rings. The molecule has 0 saturated heterocycles. The van der Waals surface area contributed by atoms with Crippen LogP contribution in [-0.2, 0) is 11.2 Å². The van der Waals surface area contributed by atoms with Gasteiger partial charge in [-0.2, -0.15) is 0 Å². The number of hydrogen-bond acceptors (Lipinski definition) is 4. The Balaban J connectivity index is 1.59. The van der Waals surface area contributed by atoms with Gasteiger partial charge in [0.05, 0.1) is 0 Å². The van der Waals surface area contributed by atoms with E-state index in [1.807, 2.05) is 63.2 Å². The standard InChI is InChI=1S/C20H21N3O2/c1-13-5-4-6-16(12-13)20-23-22-19(25-20)10-9-18(24)21-17-8-7-14(2)11-15(17)3/h4-8,11-12H,9-10H2,1-3H3,(H,21,24). The van der Waals surface area contributed by atoms with Gasteiger partial charge in [-0.05, 0) is 44.5 Å². The van der Waals surface area contributed by atoms with Crippen LogP contribution in [0.15, 0.2) is 46.9 Å². The molecule has 3 rings (SSSR count). The number of aryl methyl sites for hydroxylation is 4. The van der Waals surface area contributed by atoms with Gasteiger partial charge in [0.2, 0.25) is 17.7 Å². The summed E-state index contributed by atoms with van der Waals surface area (Å²) in [7, 11) is 0. The van der Waals surface area contributed by atoms with Crippen molar-refractivity contribution in [3.63, 3.8) is 0 Å². The van der Waals surface area contributed by atoms with Crippen LogP contribution in [0, 0.1) is 20.8 Å². The molecule has 1 heterocycles. The van der Waals surface area contributed by atoms with Crippen LogP contribution in [0.25, 0.3) is 11.5 Å². The first-order valence-electron chi connectivity index (χ1n) is 8.28. The summed E-state index contributed by atoms with van der Waals surface area (Å²) in [5, 5.41) is 11.0. The van der Waals surface area contributed by atoms with E-state index in [9.17, 15) is 4.79 Å². The van der Waals surface area contributed by atoms with Gasteiger partial charge in [0, 0.05) is 24.1 Å². The zero-order valence-corrected chi connectivity index (χ0v) is 14.7. The van der Waals surface area contributed by atoms with E-state index in [1.165, 1.54) is 5.56 Å². The summed E-state index contributed by atoms with van der Waals surface area (Å²) in [5.41, 5.74) is 5.07. The second-order valence-electron chi connectivity index (χ2n) is 6.24. The molecule has 128 valence electrons. The number of hydrogen-bond donors (Lipinski definition) is 1. The molecule has 0 unspecified atom stereocenters. The zero-order valence-electron chi connectivity index (χ0n) is 14.7. The van der Waals surface area contributed by atoms with Gasteiger partial charge in [-0.1, -0.05) is 35.4 Å². The first-order valence-corrected chi connectivity index (χ1v) is 8.28. The number of amides is 1. The van der Waals surface area contributed by atoms with Crippen molar-refractivity contribution in [1.29, 1.82) is 0 Å². The molecule has 0 bridgehead atoms. The van der Waals surface area contributed by atoms with Gasteiger partial charge in [0.15, 0.2) is 0 Å². The van der Waals surface area contributed by atoms with Crippen molar-refractivity contribution in [2.24, 2.45) is 0 Å². The lowest BCUT2D eigenvalue weighted by Crippen LogP contribution is -2.13. The van der Waals surface area contributed by atoms with Crippen LogP contribution in [0.1, 0.15) is 29.0 Å². The Morgan fingerprint density at radius 1 is 1.04 bits per heavy atom. The Kier molecular flexibility index (Phi) is 4.93. The van der Waals surface area contributed by atoms with Crippen molar-refractivity contribution in [3.8, 4) is 11.5 Å². The average molecular weight is 335 g/mol. The maximum atomic E-state index is 12.1. The number of carbonyl (C=O) groups is 1. The number of rotatable bonds is 5. The van der Waals surface area contributed by atoms with E-state index in [0.29, 0.717) is 24.6 Å². The number of aromatic nitrogens is 2. The number of nitrogens with one attached hydrogen (secondary N) is 1. The zero-order chi connectivity index (χ0) is 17.8. The van der Waals surface area contributed by atoms with Crippen LogP contribution in [0.5, 0.6) is 0 Å². The highest BCUT2D eigenvalue weighted by Crippen LogP contribution is 2.20. The summed E-state index contributed by atoms with van der Waals surface area (Å²) in [6.07, 6.45) is 0.707. The van der Waals surface area contributed by atoms with E-state index in [0.717, 1.165) is 22.4 Å². The molecule has 0 spiro atoms. The monoisotopic (exact) mass is 335 g/mol. The molecule has 0 radical (unpaired) electrons. The minimum absolute atomic E-state index is 0.0674. The molecule has 0 fully saturated rings. The predicted molar refractivity (Wildman–Crippen MR) is 97.3 cm³/mol. The molecule has 1 aromatic heterocycles. The molecule has 1 N–H and O–H groups in total. The van der Waals surface area contributed by atoms with Crippen molar-refractivity contribution >= 4 is 11.6 Å². The average Bonchev–Trinajstić information content (AvgIpc) is 3.05. The number of benzene rings is 2. The predicted octanol–water partition coefficient (Wildman–Crippen LogP) is 4.23. The van der Waals surface area contributed by atoms with E-state index in [1.54, 1.807) is 0 Å². The Morgan fingerprint density at radius 2 is 1.84 bits per heavy atom. The van der Waals surface area contributed by atoms with Crippen molar-refractivity contribution in [3.05, 3.63) is 65.0 Å². The van der Waals surface area contributed by atoms with Crippen molar-refractivity contribution < 1.29 is 9.21 Å². The lowest BCUT2D eigenvalue weighted by Gasteiger charge is -2.08. The normalized spacial score (nSPS) is 10.7. The van der Waals surface area contributed by atoms with Crippen LogP contribution in [-0.4, -0.2) is 16.1 Å². The maximum absolute atomic E-state index is 12.1. The molecule has 0 aliphatic heterocycles. The highest BCUT2D eigenvalue weighted by atomic mass is 16.4. The highest BCUT2D eigenvalue weighted by Gasteiger charge is 2.11. The molecule has 0 aliphatic carbocycles. The van der Waals surface area contributed by atoms with Crippen molar-refractivity contribution in [2.45, 2.75) is 33.6 Å². The van der Waals surface area contributed by atoms with Crippen molar-refractivity contribution in [1.82, 2.24) is 10.2 Å². The summed E-state index contributed by atoms with van der Waals surface area (Å²) in [5.74, 6) is 0.878. The molecule has 25 heavy (non-hydrogen) atoms. The Morgan fingerprint density at radius 3 is 2.60 bits per heavy atom. The molecule has 3 aromatic rings. The van der Waals surface area contributed by atoms with Gasteiger partial charge in [0.1, 0.15) is 0 Å². The van der Waals surface area contributed by atoms with Gasteiger partial charge in [-0.25, -0.2) is 0 Å². The third-order valence-electron chi connectivity index (χ3n) is 3.95. The highest BCUT2D eigenvalue weighted by molar-refractivity contribution is 5.91. The molecule has 5 nitrogen and oxygen atoms in total. The largest absolute Gasteiger partial charge is 0.421 e. The summed E-state index contributed by atoms with van der Waals surface area (Å²) in [6, 6.07) is 13.8. The van der Waals surface area contributed by atoms with Crippen LogP contribution < -0.4 is 5.32 Å². The van der Waals surface area contributed by atoms with Gasteiger partial charge < -0.3 is 9.73 Å². The second-order valence-corrected chi connectivity index (χ2v) is 6.24. The van der Waals surface area contributed by atoms with Gasteiger partial charge in [0.25, 0.3) is 0 Å². The minimum Gasteiger partial charge on any atom is -0.421 e. The number of anilines is 1. The summed E-state index contributed by atoms with van der Waals surface area (Å²) in [4.78, 5) is 12.1. The Hall–Kier alpha value is -2.95. The maximum Gasteiger partial charge on any atom is 0.247 e. The lowest BCUT2D eigenvalue weighted by molar-refractivity contribution is -0.116. The Labute approximate surface area is 147 Å². The summed E-state index contributed by atoms with van der Waals surface area (Å²) >= 11 is 0. The van der Waals surface area contributed by atoms with Crippen LogP contribution >= 0.6 is 0 Å². The lowest BCUT2D eigenvalue weighted by atomic mass is 10.1. The van der Waals surface area contributed by atoms with E-state index in [-0.39, 0.29) is 5.91 Å². The molecule has 0 atom stereocenters. The van der Waals surface area contributed by atoms with Crippen molar-refractivity contribution in [2.75, 3.05) is 5.32 Å². The quantitative estimate of drug-likeness (QED) is 0.757. The van der Waals surface area contributed by atoms with E-state index < -0.39 is 0 Å². The molecule has 0 saturated carbocycles. The van der Waals surface area contributed by atoms with Crippen LogP contribution in [0.4, 0.5) is 5.69 Å². The molecule has 1 amide bonds. The Bertz CT molecular complexity index is 899. The molecule has 2 aromatic carbocycles. The fourth-order valence-electron chi connectivity index (χ4n) is 2.64. The molecule has 5 heteroatoms. The molecular formula is C20H21N3O2. The molecular weight excluding hydrogens is 314 g/mol. The van der Waals surface area contributed by atoms with E-state index >= 15 is 0 Å². The number of nitrogens with zero attached hydrogens (tertiary/aromatic N) is 2. The van der Waals surface area contributed by atoms with Crippen LogP contribution in [0.2, 0.25) is 0 Å². The SMILES string of the molecule is Cc1cccc(-c2nnc(CCC(=O)Nc3ccc(C)cc3C)o2)c1. The fraction of sp³-hybridized carbons (Fsp3) is 0.250. The van der Waals surface area contributed by atoms with Gasteiger partial charge >= 0.3 is 0 Å². The first kappa shape index (κ1) is 16.9. The smallest absolute Gasteiger partial charge is 0.247 e. The number of carbonyl (C=O) groups excluding carboxylic acids is 1. The third-order valence-corrected chi connectivity index (χ3v) is 3.95. The first-order chi connectivity index (χ1) is 12.0. The summed E-state index contributed by atoms with van der Waals surface area (Å²) < 4.78 is 5.66. The van der Waals surface area contributed by atoms with E-state index in [4.69, 9.17) is 4.42 Å². The topological polar surface area (TPSA) is 68.0 Å². The summed E-state index contributed by atoms with van der Waals surface area (Å²) in [6.45, 7) is 6.02. The van der Waals surface area contributed by atoms with Gasteiger partial charge in [-0.15, -0.1) is 10.2 Å². The fourth-order valence-corrected chi connectivity index (χ4v) is 2.64. The van der Waals surface area contributed by atoms with Gasteiger partial charge in [-0.3, -0.25) is 4.79 Å². The second kappa shape index (κ2) is 7.30. The third kappa shape index (κ3) is 4.32. The van der Waals surface area contributed by atoms with Crippen LogP contribution in [0.3, 0.4) is 0 Å².